The number of aromatic nitrogens is 1. The highest BCUT2D eigenvalue weighted by Crippen LogP contribution is 2.28. The van der Waals surface area contributed by atoms with Crippen LogP contribution in [0.25, 0.3) is 0 Å². The molecule has 1 amide bonds. The molecule has 0 aliphatic heterocycles. The van der Waals surface area contributed by atoms with Gasteiger partial charge in [0.25, 0.3) is 0 Å². The molecule has 1 N–H and O–H groups in total. The van der Waals surface area contributed by atoms with Crippen molar-refractivity contribution in [2.75, 3.05) is 33.9 Å². The first-order chi connectivity index (χ1) is 10.2. The lowest BCUT2D eigenvalue weighted by molar-refractivity contribution is -0.130. The monoisotopic (exact) mass is 295 g/mol. The maximum Gasteiger partial charge on any atom is 0.223 e. The summed E-state index contributed by atoms with van der Waals surface area (Å²) in [6.45, 7) is 6.62. The molecule has 21 heavy (non-hydrogen) atoms. The Morgan fingerprint density at radius 3 is 2.57 bits per heavy atom. The molecular formula is C15H25N3O3. The van der Waals surface area contributed by atoms with Crippen molar-refractivity contribution in [2.45, 2.75) is 26.8 Å². The van der Waals surface area contributed by atoms with Crippen molar-refractivity contribution in [3.63, 3.8) is 0 Å². The zero-order valence-corrected chi connectivity index (χ0v) is 13.3. The van der Waals surface area contributed by atoms with E-state index < -0.39 is 0 Å². The summed E-state index contributed by atoms with van der Waals surface area (Å²) in [5.41, 5.74) is 0.770. The van der Waals surface area contributed by atoms with Crippen LogP contribution in [0, 0.1) is 0 Å². The summed E-state index contributed by atoms with van der Waals surface area (Å²) in [4.78, 5) is 18.0. The molecule has 1 rings (SSSR count). The van der Waals surface area contributed by atoms with E-state index in [9.17, 15) is 4.79 Å². The minimum absolute atomic E-state index is 0.165. The molecule has 0 fully saturated rings. The lowest BCUT2D eigenvalue weighted by Gasteiger charge is -2.18. The number of carbonyl (C=O) groups excluding carboxylic acids is 1. The van der Waals surface area contributed by atoms with Crippen molar-refractivity contribution in [1.29, 1.82) is 0 Å². The zero-order valence-electron chi connectivity index (χ0n) is 13.3. The molecule has 0 spiro atoms. The summed E-state index contributed by atoms with van der Waals surface area (Å²) >= 11 is 0. The Kier molecular flexibility index (Phi) is 7.53. The van der Waals surface area contributed by atoms with E-state index in [1.807, 2.05) is 18.7 Å². The van der Waals surface area contributed by atoms with Crippen LogP contribution in [0.15, 0.2) is 12.3 Å². The molecule has 1 heterocycles. The highest BCUT2D eigenvalue weighted by molar-refractivity contribution is 5.76. The zero-order chi connectivity index (χ0) is 15.7. The molecule has 0 bridgehead atoms. The number of hydrogen-bond acceptors (Lipinski definition) is 5. The smallest absolute Gasteiger partial charge is 0.223 e. The average molecular weight is 295 g/mol. The van der Waals surface area contributed by atoms with Gasteiger partial charge in [0.05, 0.1) is 19.9 Å². The highest BCUT2D eigenvalue weighted by atomic mass is 16.5. The minimum atomic E-state index is 0.165. The van der Waals surface area contributed by atoms with Crippen LogP contribution < -0.4 is 14.8 Å². The van der Waals surface area contributed by atoms with Gasteiger partial charge in [0.1, 0.15) is 0 Å². The van der Waals surface area contributed by atoms with Gasteiger partial charge in [-0.15, -0.1) is 0 Å². The fraction of sp³-hybridized carbons (Fsp3) is 0.600. The summed E-state index contributed by atoms with van der Waals surface area (Å²) in [5, 5.41) is 3.22. The van der Waals surface area contributed by atoms with E-state index in [-0.39, 0.29) is 5.91 Å². The quantitative estimate of drug-likeness (QED) is 0.699. The average Bonchev–Trinajstić information content (AvgIpc) is 2.52. The number of pyridine rings is 1. The fourth-order valence-electron chi connectivity index (χ4n) is 2.11. The van der Waals surface area contributed by atoms with Crippen LogP contribution in [0.3, 0.4) is 0 Å². The van der Waals surface area contributed by atoms with Gasteiger partial charge >= 0.3 is 0 Å². The summed E-state index contributed by atoms with van der Waals surface area (Å²) in [6, 6.07) is 1.76. The topological polar surface area (TPSA) is 63.7 Å². The first-order valence-corrected chi connectivity index (χ1v) is 7.22. The van der Waals surface area contributed by atoms with Crippen molar-refractivity contribution in [3.8, 4) is 11.5 Å². The van der Waals surface area contributed by atoms with E-state index in [0.29, 0.717) is 31.0 Å². The molecule has 0 aliphatic rings. The molecule has 0 unspecified atom stereocenters. The molecule has 1 aromatic heterocycles. The van der Waals surface area contributed by atoms with Crippen molar-refractivity contribution in [2.24, 2.45) is 0 Å². The van der Waals surface area contributed by atoms with Crippen LogP contribution in [0.5, 0.6) is 11.5 Å². The number of rotatable bonds is 9. The third kappa shape index (κ3) is 4.90. The third-order valence-corrected chi connectivity index (χ3v) is 3.29. The van der Waals surface area contributed by atoms with Gasteiger partial charge in [-0.3, -0.25) is 9.78 Å². The standard InChI is InChI=1S/C15H25N3O3/c1-5-18(6-2)14(19)8-9-16-11-12-15(21-4)13(20-3)7-10-17-12/h7,10,16H,5-6,8-9,11H2,1-4H3. The van der Waals surface area contributed by atoms with Crippen LogP contribution in [0.1, 0.15) is 26.0 Å². The number of amides is 1. The van der Waals surface area contributed by atoms with E-state index in [1.54, 1.807) is 26.5 Å². The van der Waals surface area contributed by atoms with Crippen LogP contribution in [0.2, 0.25) is 0 Å². The lowest BCUT2D eigenvalue weighted by Crippen LogP contribution is -2.32. The van der Waals surface area contributed by atoms with Gasteiger partial charge in [-0.25, -0.2) is 0 Å². The van der Waals surface area contributed by atoms with Gasteiger partial charge in [0, 0.05) is 44.9 Å². The van der Waals surface area contributed by atoms with Crippen LogP contribution >= 0.6 is 0 Å². The number of nitrogens with one attached hydrogen (secondary N) is 1. The molecule has 6 nitrogen and oxygen atoms in total. The molecule has 0 saturated carbocycles. The summed E-state index contributed by atoms with van der Waals surface area (Å²) in [6.07, 6.45) is 2.16. The number of carbonyl (C=O) groups is 1. The molecule has 1 aromatic rings. The van der Waals surface area contributed by atoms with E-state index >= 15 is 0 Å². The normalized spacial score (nSPS) is 10.3. The number of hydrogen-bond donors (Lipinski definition) is 1. The minimum Gasteiger partial charge on any atom is -0.493 e. The van der Waals surface area contributed by atoms with Gasteiger partial charge in [0.2, 0.25) is 5.91 Å². The molecule has 118 valence electrons. The van der Waals surface area contributed by atoms with Crippen molar-refractivity contribution in [1.82, 2.24) is 15.2 Å². The number of methoxy groups -OCH3 is 2. The summed E-state index contributed by atoms with van der Waals surface area (Å²) in [7, 11) is 3.19. The molecule has 0 radical (unpaired) electrons. The Morgan fingerprint density at radius 1 is 1.29 bits per heavy atom. The summed E-state index contributed by atoms with van der Waals surface area (Å²) in [5.74, 6) is 1.45. The SMILES string of the molecule is CCN(CC)C(=O)CCNCc1nccc(OC)c1OC. The van der Waals surface area contributed by atoms with E-state index in [0.717, 1.165) is 18.8 Å². The first-order valence-electron chi connectivity index (χ1n) is 7.22. The molecule has 0 atom stereocenters. The highest BCUT2D eigenvalue weighted by Gasteiger charge is 2.12. The molecule has 0 aliphatic carbocycles. The Labute approximate surface area is 126 Å². The summed E-state index contributed by atoms with van der Waals surface area (Å²) < 4.78 is 10.5. The largest absolute Gasteiger partial charge is 0.493 e. The molecular weight excluding hydrogens is 270 g/mol. The van der Waals surface area contributed by atoms with E-state index in [1.165, 1.54) is 0 Å². The van der Waals surface area contributed by atoms with Gasteiger partial charge in [0.15, 0.2) is 11.5 Å². The van der Waals surface area contributed by atoms with Crippen molar-refractivity contribution in [3.05, 3.63) is 18.0 Å². The Bertz CT molecular complexity index is 448. The van der Waals surface area contributed by atoms with Gasteiger partial charge in [-0.1, -0.05) is 0 Å². The van der Waals surface area contributed by atoms with Crippen molar-refractivity contribution < 1.29 is 14.3 Å². The molecule has 6 heteroatoms. The molecule has 0 aromatic carbocycles. The maximum absolute atomic E-state index is 11.9. The first kappa shape index (κ1) is 17.2. The second-order valence-corrected chi connectivity index (χ2v) is 4.49. The fourth-order valence-corrected chi connectivity index (χ4v) is 2.11. The predicted octanol–water partition coefficient (Wildman–Crippen LogP) is 1.45. The third-order valence-electron chi connectivity index (χ3n) is 3.29. The Morgan fingerprint density at radius 2 is 2.00 bits per heavy atom. The lowest BCUT2D eigenvalue weighted by atomic mass is 10.3. The second kappa shape index (κ2) is 9.18. The van der Waals surface area contributed by atoms with E-state index in [2.05, 4.69) is 10.3 Å². The maximum atomic E-state index is 11.9. The van der Waals surface area contributed by atoms with Gasteiger partial charge in [-0.05, 0) is 13.8 Å². The Balaban J connectivity index is 2.48. The number of ether oxygens (including phenoxy) is 2. The van der Waals surface area contributed by atoms with Crippen LogP contribution in [-0.2, 0) is 11.3 Å². The van der Waals surface area contributed by atoms with Crippen LogP contribution in [-0.4, -0.2) is 49.6 Å². The second-order valence-electron chi connectivity index (χ2n) is 4.49. The van der Waals surface area contributed by atoms with Gasteiger partial charge in [-0.2, -0.15) is 0 Å². The van der Waals surface area contributed by atoms with Crippen LogP contribution in [0.4, 0.5) is 0 Å². The number of nitrogens with zero attached hydrogens (tertiary/aromatic N) is 2. The predicted molar refractivity (Wildman–Crippen MR) is 81.6 cm³/mol. The van der Waals surface area contributed by atoms with Gasteiger partial charge < -0.3 is 19.7 Å². The molecule has 0 saturated heterocycles. The Hall–Kier alpha value is -1.82. The van der Waals surface area contributed by atoms with E-state index in [4.69, 9.17) is 9.47 Å². The van der Waals surface area contributed by atoms with Crippen molar-refractivity contribution >= 4 is 5.91 Å².